The first-order valence-corrected chi connectivity index (χ1v) is 7.55. The Hall–Kier alpha value is -1.63. The van der Waals surface area contributed by atoms with Crippen LogP contribution >= 0.6 is 0 Å². The molecular formula is C14H22N4O3. The predicted octanol–water partition coefficient (Wildman–Crippen LogP) is -0.330. The number of fused-ring (bicyclic) bond motifs is 2. The van der Waals surface area contributed by atoms with Gasteiger partial charge in [-0.15, -0.1) is 0 Å². The smallest absolute Gasteiger partial charge is 0.325 e. The molecule has 7 heteroatoms. The summed E-state index contributed by atoms with van der Waals surface area (Å²) < 4.78 is 0. The van der Waals surface area contributed by atoms with Crippen LogP contribution in [0.5, 0.6) is 0 Å². The highest BCUT2D eigenvalue weighted by Gasteiger charge is 2.46. The van der Waals surface area contributed by atoms with E-state index in [2.05, 4.69) is 10.6 Å². The van der Waals surface area contributed by atoms with Crippen LogP contribution in [0.4, 0.5) is 4.79 Å². The first kappa shape index (κ1) is 14.3. The van der Waals surface area contributed by atoms with Crippen molar-refractivity contribution in [2.24, 2.45) is 0 Å². The molecule has 2 atom stereocenters. The van der Waals surface area contributed by atoms with Crippen molar-refractivity contribution >= 4 is 17.8 Å². The van der Waals surface area contributed by atoms with Crippen LogP contribution in [0.3, 0.4) is 0 Å². The van der Waals surface area contributed by atoms with E-state index < -0.39 is 11.6 Å². The molecule has 0 aliphatic carbocycles. The molecule has 2 unspecified atom stereocenters. The van der Waals surface area contributed by atoms with E-state index in [0.717, 1.165) is 19.4 Å². The fourth-order valence-electron chi connectivity index (χ4n) is 3.37. The quantitative estimate of drug-likeness (QED) is 0.683. The molecule has 0 radical (unpaired) electrons. The second kappa shape index (κ2) is 4.98. The van der Waals surface area contributed by atoms with Gasteiger partial charge in [-0.3, -0.25) is 14.9 Å². The molecule has 0 aromatic heterocycles. The standard InChI is InChI=1S/C14H22N4O3/c1-14(2)12(20)16-13(21)18(14)8-11(19)17-6-5-9-3-4-10(7-17)15-9/h9-10,15H,3-8H2,1-2H3,(H,16,20,21). The van der Waals surface area contributed by atoms with E-state index in [4.69, 9.17) is 0 Å². The maximum atomic E-state index is 12.5. The molecule has 0 aromatic rings. The second-order valence-corrected chi connectivity index (χ2v) is 6.67. The van der Waals surface area contributed by atoms with Gasteiger partial charge in [-0.1, -0.05) is 0 Å². The third-order valence-electron chi connectivity index (χ3n) is 4.87. The predicted molar refractivity (Wildman–Crippen MR) is 75.5 cm³/mol. The molecule has 3 rings (SSSR count). The van der Waals surface area contributed by atoms with E-state index in [9.17, 15) is 14.4 Å². The largest absolute Gasteiger partial charge is 0.340 e. The zero-order valence-electron chi connectivity index (χ0n) is 12.5. The summed E-state index contributed by atoms with van der Waals surface area (Å²) in [6.45, 7) is 4.69. The molecule has 3 aliphatic heterocycles. The molecule has 2 N–H and O–H groups in total. The zero-order chi connectivity index (χ0) is 15.2. The van der Waals surface area contributed by atoms with Crippen LogP contribution in [-0.2, 0) is 9.59 Å². The number of carbonyl (C=O) groups is 3. The molecular weight excluding hydrogens is 272 g/mol. The van der Waals surface area contributed by atoms with Gasteiger partial charge in [-0.2, -0.15) is 0 Å². The summed E-state index contributed by atoms with van der Waals surface area (Å²) in [6.07, 6.45) is 3.24. The fourth-order valence-corrected chi connectivity index (χ4v) is 3.37. The van der Waals surface area contributed by atoms with Gasteiger partial charge in [0.1, 0.15) is 12.1 Å². The van der Waals surface area contributed by atoms with E-state index in [1.54, 1.807) is 13.8 Å². The minimum Gasteiger partial charge on any atom is -0.340 e. The van der Waals surface area contributed by atoms with Crippen LogP contribution in [0.1, 0.15) is 33.1 Å². The Morgan fingerprint density at radius 1 is 1.24 bits per heavy atom. The SMILES string of the molecule is CC1(C)C(=O)NC(=O)N1CC(=O)N1CCC2CCC(C1)N2. The number of carbonyl (C=O) groups excluding carboxylic acids is 3. The highest BCUT2D eigenvalue weighted by Crippen LogP contribution is 2.23. The number of hydrogen-bond donors (Lipinski definition) is 2. The van der Waals surface area contributed by atoms with Gasteiger partial charge in [-0.05, 0) is 33.1 Å². The molecule has 7 nitrogen and oxygen atoms in total. The third-order valence-corrected chi connectivity index (χ3v) is 4.87. The van der Waals surface area contributed by atoms with Crippen LogP contribution in [0, 0.1) is 0 Å². The minimum atomic E-state index is -0.962. The lowest BCUT2D eigenvalue weighted by molar-refractivity contribution is -0.133. The highest BCUT2D eigenvalue weighted by molar-refractivity contribution is 6.07. The summed E-state index contributed by atoms with van der Waals surface area (Å²) in [5, 5.41) is 5.79. The van der Waals surface area contributed by atoms with Crippen molar-refractivity contribution in [1.29, 1.82) is 0 Å². The average Bonchev–Trinajstić information content (AvgIpc) is 2.82. The number of amides is 4. The van der Waals surface area contributed by atoms with Crippen molar-refractivity contribution in [2.75, 3.05) is 19.6 Å². The topological polar surface area (TPSA) is 81.8 Å². The fraction of sp³-hybridized carbons (Fsp3) is 0.786. The van der Waals surface area contributed by atoms with Crippen LogP contribution < -0.4 is 10.6 Å². The van der Waals surface area contributed by atoms with Crippen molar-refractivity contribution in [1.82, 2.24) is 20.4 Å². The summed E-state index contributed by atoms with van der Waals surface area (Å²) in [7, 11) is 0. The summed E-state index contributed by atoms with van der Waals surface area (Å²) in [5.41, 5.74) is -0.962. The highest BCUT2D eigenvalue weighted by atomic mass is 16.2. The van der Waals surface area contributed by atoms with E-state index >= 15 is 0 Å². The van der Waals surface area contributed by atoms with Gasteiger partial charge in [0.05, 0.1) is 0 Å². The Morgan fingerprint density at radius 3 is 2.62 bits per heavy atom. The van der Waals surface area contributed by atoms with Gasteiger partial charge >= 0.3 is 6.03 Å². The van der Waals surface area contributed by atoms with Crippen LogP contribution in [0.25, 0.3) is 0 Å². The molecule has 0 spiro atoms. The van der Waals surface area contributed by atoms with Gasteiger partial charge in [0, 0.05) is 25.2 Å². The van der Waals surface area contributed by atoms with Crippen molar-refractivity contribution in [2.45, 2.75) is 50.7 Å². The number of hydrogen-bond acceptors (Lipinski definition) is 4. The summed E-state index contributed by atoms with van der Waals surface area (Å²) in [5.74, 6) is -0.431. The van der Waals surface area contributed by atoms with E-state index in [-0.39, 0.29) is 18.4 Å². The Balaban J connectivity index is 1.66. The maximum Gasteiger partial charge on any atom is 0.325 e. The van der Waals surface area contributed by atoms with E-state index in [1.165, 1.54) is 11.3 Å². The molecule has 3 fully saturated rings. The number of imide groups is 1. The van der Waals surface area contributed by atoms with Gasteiger partial charge in [-0.25, -0.2) is 4.79 Å². The summed E-state index contributed by atoms with van der Waals surface area (Å²) in [4.78, 5) is 39.2. The molecule has 0 aromatic carbocycles. The summed E-state index contributed by atoms with van der Waals surface area (Å²) in [6, 6.07) is 0.400. The lowest BCUT2D eigenvalue weighted by Gasteiger charge is -2.31. The van der Waals surface area contributed by atoms with Crippen LogP contribution in [-0.4, -0.2) is 64.9 Å². The Bertz CT molecular complexity index is 491. The van der Waals surface area contributed by atoms with Crippen LogP contribution in [0.2, 0.25) is 0 Å². The number of nitrogens with one attached hydrogen (secondary N) is 2. The van der Waals surface area contributed by atoms with E-state index in [0.29, 0.717) is 18.6 Å². The first-order valence-electron chi connectivity index (χ1n) is 7.55. The molecule has 0 saturated carbocycles. The number of rotatable bonds is 2. The van der Waals surface area contributed by atoms with Crippen molar-refractivity contribution in [3.8, 4) is 0 Å². The molecule has 3 saturated heterocycles. The van der Waals surface area contributed by atoms with Gasteiger partial charge in [0.2, 0.25) is 5.91 Å². The third kappa shape index (κ3) is 2.50. The van der Waals surface area contributed by atoms with Gasteiger partial charge < -0.3 is 15.1 Å². The molecule has 21 heavy (non-hydrogen) atoms. The van der Waals surface area contributed by atoms with Gasteiger partial charge in [0.15, 0.2) is 0 Å². The molecule has 116 valence electrons. The first-order chi connectivity index (χ1) is 9.88. The van der Waals surface area contributed by atoms with Crippen molar-refractivity contribution in [3.63, 3.8) is 0 Å². The zero-order valence-corrected chi connectivity index (χ0v) is 12.5. The Labute approximate surface area is 124 Å². The Morgan fingerprint density at radius 2 is 1.95 bits per heavy atom. The van der Waals surface area contributed by atoms with Crippen LogP contribution in [0.15, 0.2) is 0 Å². The molecule has 3 aliphatic rings. The average molecular weight is 294 g/mol. The van der Waals surface area contributed by atoms with E-state index in [1.807, 2.05) is 4.90 Å². The van der Waals surface area contributed by atoms with Crippen molar-refractivity contribution in [3.05, 3.63) is 0 Å². The maximum absolute atomic E-state index is 12.5. The second-order valence-electron chi connectivity index (χ2n) is 6.67. The monoisotopic (exact) mass is 294 g/mol. The number of likely N-dealkylation sites (tertiary alicyclic amines) is 1. The summed E-state index contributed by atoms with van der Waals surface area (Å²) >= 11 is 0. The minimum absolute atomic E-state index is 0.0397. The lowest BCUT2D eigenvalue weighted by Crippen LogP contribution is -2.50. The normalized spacial score (nSPS) is 31.3. The number of urea groups is 1. The van der Waals surface area contributed by atoms with Gasteiger partial charge in [0.25, 0.3) is 5.91 Å². The molecule has 3 heterocycles. The number of nitrogens with zero attached hydrogens (tertiary/aromatic N) is 2. The molecule has 4 amide bonds. The lowest BCUT2D eigenvalue weighted by atomic mass is 10.0. The van der Waals surface area contributed by atoms with Crippen molar-refractivity contribution < 1.29 is 14.4 Å². The Kier molecular flexibility index (Phi) is 3.39. The molecule has 2 bridgehead atoms.